The number of aryl methyl sites for hydroxylation is 2. The first-order chi connectivity index (χ1) is 14.9. The Hall–Kier alpha value is -3.53. The Morgan fingerprint density at radius 3 is 2.87 bits per heavy atom. The van der Waals surface area contributed by atoms with Gasteiger partial charge in [-0.25, -0.2) is 9.97 Å². The first-order valence-corrected chi connectivity index (χ1v) is 10.9. The Balaban J connectivity index is 1.52. The van der Waals surface area contributed by atoms with Gasteiger partial charge in [0.15, 0.2) is 11.5 Å². The number of anilines is 6. The van der Waals surface area contributed by atoms with Crippen LogP contribution in [-0.2, 0) is 11.2 Å². The molecular weight excluding hydrogens is 414 g/mol. The topological polar surface area (TPSA) is 103 Å². The van der Waals surface area contributed by atoms with Crippen molar-refractivity contribution in [2.24, 2.45) is 0 Å². The lowest BCUT2D eigenvalue weighted by Crippen LogP contribution is -2.30. The summed E-state index contributed by atoms with van der Waals surface area (Å²) in [7, 11) is 1.89. The molecule has 2 aromatic heterocycles. The fraction of sp³-hybridized carbons (Fsp3) is 0.286. The highest BCUT2D eigenvalue weighted by atomic mass is 32.1. The number of rotatable bonds is 3. The normalized spacial score (nSPS) is 15.1. The van der Waals surface area contributed by atoms with E-state index in [1.807, 2.05) is 44.0 Å². The number of carbonyl (C=O) groups is 2. The molecule has 0 atom stereocenters. The molecule has 31 heavy (non-hydrogen) atoms. The van der Waals surface area contributed by atoms with Gasteiger partial charge in [-0.05, 0) is 44.0 Å². The van der Waals surface area contributed by atoms with Gasteiger partial charge in [0.05, 0.1) is 11.2 Å². The molecule has 0 fully saturated rings. The number of carbonyl (C=O) groups excluding carboxylic acids is 2. The molecule has 5 rings (SSSR count). The molecule has 0 bridgehead atoms. The van der Waals surface area contributed by atoms with E-state index in [2.05, 4.69) is 20.6 Å². The third kappa shape index (κ3) is 3.28. The van der Waals surface area contributed by atoms with E-state index in [1.54, 1.807) is 11.1 Å². The molecule has 1 aromatic carbocycles. The number of amides is 2. The van der Waals surface area contributed by atoms with E-state index in [9.17, 15) is 9.59 Å². The predicted octanol–water partition coefficient (Wildman–Crippen LogP) is 3.62. The molecule has 10 heteroatoms. The lowest BCUT2D eigenvalue weighted by molar-refractivity contribution is -0.116. The van der Waals surface area contributed by atoms with Gasteiger partial charge >= 0.3 is 0 Å². The Labute approximate surface area is 183 Å². The van der Waals surface area contributed by atoms with Crippen molar-refractivity contribution < 1.29 is 9.59 Å². The van der Waals surface area contributed by atoms with Crippen LogP contribution < -0.4 is 20.4 Å². The van der Waals surface area contributed by atoms with Crippen molar-refractivity contribution in [3.8, 4) is 0 Å². The first kappa shape index (κ1) is 19.4. The second-order valence-electron chi connectivity index (χ2n) is 7.44. The zero-order valence-electron chi connectivity index (χ0n) is 17.4. The Kier molecular flexibility index (Phi) is 4.58. The maximum atomic E-state index is 13.1. The highest BCUT2D eigenvalue weighted by Crippen LogP contribution is 2.41. The summed E-state index contributed by atoms with van der Waals surface area (Å²) < 4.78 is 0. The highest BCUT2D eigenvalue weighted by molar-refractivity contribution is 7.16. The van der Waals surface area contributed by atoms with Crippen molar-refractivity contribution in [2.75, 3.05) is 34.0 Å². The van der Waals surface area contributed by atoms with E-state index in [4.69, 9.17) is 4.98 Å². The van der Waals surface area contributed by atoms with Gasteiger partial charge in [-0.2, -0.15) is 4.98 Å². The summed E-state index contributed by atoms with van der Waals surface area (Å²) in [6.45, 7) is 4.30. The minimum Gasteiger partial charge on any atom is -0.326 e. The molecule has 4 heterocycles. The van der Waals surface area contributed by atoms with Gasteiger partial charge in [0.1, 0.15) is 10.7 Å². The fourth-order valence-electron chi connectivity index (χ4n) is 3.88. The quantitative estimate of drug-likeness (QED) is 0.648. The first-order valence-electron chi connectivity index (χ1n) is 10.0. The van der Waals surface area contributed by atoms with Crippen LogP contribution in [0, 0.1) is 6.92 Å². The fourth-order valence-corrected chi connectivity index (χ4v) is 4.75. The third-order valence-electron chi connectivity index (χ3n) is 5.40. The smallest absolute Gasteiger partial charge is 0.280 e. The molecule has 2 aliphatic heterocycles. The average molecular weight is 436 g/mol. The van der Waals surface area contributed by atoms with Gasteiger partial charge in [0.2, 0.25) is 11.9 Å². The molecule has 2 N–H and O–H groups in total. The SMILES string of the molecule is CCN1C(=O)c2nc(C)sc2N(C)c2nc(Nc3ccc4c(c3)CCC(=O)N4)ncc21. The van der Waals surface area contributed by atoms with Gasteiger partial charge in [-0.15, -0.1) is 11.3 Å². The maximum Gasteiger partial charge on any atom is 0.280 e. The van der Waals surface area contributed by atoms with Gasteiger partial charge in [0.25, 0.3) is 5.91 Å². The second kappa shape index (κ2) is 7.31. The van der Waals surface area contributed by atoms with Crippen LogP contribution in [0.15, 0.2) is 24.4 Å². The molecule has 2 amide bonds. The van der Waals surface area contributed by atoms with Crippen molar-refractivity contribution in [3.05, 3.63) is 40.7 Å². The van der Waals surface area contributed by atoms with Crippen LogP contribution in [0.2, 0.25) is 0 Å². The van der Waals surface area contributed by atoms with Crippen molar-refractivity contribution in [1.29, 1.82) is 0 Å². The van der Waals surface area contributed by atoms with Crippen LogP contribution >= 0.6 is 11.3 Å². The zero-order valence-corrected chi connectivity index (χ0v) is 18.2. The molecule has 3 aromatic rings. The minimum absolute atomic E-state index is 0.0398. The number of nitrogens with zero attached hydrogens (tertiary/aromatic N) is 5. The Morgan fingerprint density at radius 1 is 1.23 bits per heavy atom. The van der Waals surface area contributed by atoms with E-state index in [0.29, 0.717) is 42.5 Å². The number of benzene rings is 1. The molecule has 0 aliphatic carbocycles. The maximum absolute atomic E-state index is 13.1. The third-order valence-corrected chi connectivity index (χ3v) is 6.45. The summed E-state index contributed by atoms with van der Waals surface area (Å²) >= 11 is 1.47. The van der Waals surface area contributed by atoms with Crippen LogP contribution in [0.1, 0.15) is 34.4 Å². The Bertz CT molecular complexity index is 1220. The van der Waals surface area contributed by atoms with Crippen molar-refractivity contribution >= 4 is 57.0 Å². The van der Waals surface area contributed by atoms with Crippen molar-refractivity contribution in [1.82, 2.24) is 15.0 Å². The Morgan fingerprint density at radius 2 is 2.06 bits per heavy atom. The van der Waals surface area contributed by atoms with Crippen LogP contribution in [-0.4, -0.2) is 40.4 Å². The van der Waals surface area contributed by atoms with Crippen LogP contribution in [0.5, 0.6) is 0 Å². The number of aromatic nitrogens is 3. The van der Waals surface area contributed by atoms with Gasteiger partial charge < -0.3 is 20.4 Å². The molecule has 2 aliphatic rings. The average Bonchev–Trinajstić information content (AvgIpc) is 3.13. The lowest BCUT2D eigenvalue weighted by Gasteiger charge is -2.22. The van der Waals surface area contributed by atoms with Gasteiger partial charge in [0, 0.05) is 31.4 Å². The summed E-state index contributed by atoms with van der Waals surface area (Å²) in [5, 5.41) is 7.74. The van der Waals surface area contributed by atoms with Crippen molar-refractivity contribution in [3.63, 3.8) is 0 Å². The molecule has 0 unspecified atom stereocenters. The summed E-state index contributed by atoms with van der Waals surface area (Å²) in [5.74, 6) is 0.963. The molecule has 0 spiro atoms. The number of hydrogen-bond acceptors (Lipinski definition) is 8. The molecule has 0 saturated carbocycles. The monoisotopic (exact) mass is 435 g/mol. The predicted molar refractivity (Wildman–Crippen MR) is 121 cm³/mol. The number of nitrogens with one attached hydrogen (secondary N) is 2. The molecule has 9 nitrogen and oxygen atoms in total. The minimum atomic E-state index is -0.145. The van der Waals surface area contributed by atoms with E-state index in [-0.39, 0.29) is 11.8 Å². The van der Waals surface area contributed by atoms with E-state index in [1.165, 1.54) is 11.3 Å². The summed E-state index contributed by atoms with van der Waals surface area (Å²) in [5.41, 5.74) is 3.84. The number of fused-ring (bicyclic) bond motifs is 3. The molecule has 0 radical (unpaired) electrons. The number of thiazole rings is 1. The van der Waals surface area contributed by atoms with E-state index >= 15 is 0 Å². The van der Waals surface area contributed by atoms with E-state index < -0.39 is 0 Å². The highest BCUT2D eigenvalue weighted by Gasteiger charge is 2.33. The second-order valence-corrected chi connectivity index (χ2v) is 8.62. The van der Waals surface area contributed by atoms with E-state index in [0.717, 1.165) is 26.9 Å². The standard InChI is InChI=1S/C21H21N7O2S/c1-4-28-15-10-22-21(24-13-6-7-14-12(9-13)5-8-16(29)25-14)26-18(15)27(3)20-17(19(28)30)23-11(2)31-20/h6-7,9-10H,4-5,8H2,1-3H3,(H,25,29)(H,22,24,26). The summed E-state index contributed by atoms with van der Waals surface area (Å²) in [4.78, 5) is 41.8. The van der Waals surface area contributed by atoms with Crippen LogP contribution in [0.4, 0.5) is 33.8 Å². The van der Waals surface area contributed by atoms with Crippen LogP contribution in [0.25, 0.3) is 0 Å². The summed E-state index contributed by atoms with van der Waals surface area (Å²) in [6, 6.07) is 5.77. The molecule has 158 valence electrons. The van der Waals surface area contributed by atoms with Gasteiger partial charge in [-0.1, -0.05) is 0 Å². The van der Waals surface area contributed by atoms with Crippen LogP contribution in [0.3, 0.4) is 0 Å². The van der Waals surface area contributed by atoms with Crippen molar-refractivity contribution in [2.45, 2.75) is 26.7 Å². The summed E-state index contributed by atoms with van der Waals surface area (Å²) in [6.07, 6.45) is 2.85. The van der Waals surface area contributed by atoms with Gasteiger partial charge in [-0.3, -0.25) is 9.59 Å². The molecular formula is C21H21N7O2S. The molecule has 0 saturated heterocycles. The zero-order chi connectivity index (χ0) is 21.7. The largest absolute Gasteiger partial charge is 0.326 e. The lowest BCUT2D eigenvalue weighted by atomic mass is 10.0. The number of hydrogen-bond donors (Lipinski definition) is 2.